The first kappa shape index (κ1) is 16.8. The number of carboxylic acid groups (broad SMARTS) is 2. The first-order chi connectivity index (χ1) is 11.0. The van der Waals surface area contributed by atoms with Crippen molar-refractivity contribution in [1.82, 2.24) is 4.90 Å². The van der Waals surface area contributed by atoms with Gasteiger partial charge in [-0.25, -0.2) is 9.59 Å². The second kappa shape index (κ2) is 7.62. The third kappa shape index (κ3) is 4.70. The summed E-state index contributed by atoms with van der Waals surface area (Å²) < 4.78 is 5.18. The number of hydrogen-bond donors (Lipinski definition) is 2. The van der Waals surface area contributed by atoms with Crippen LogP contribution in [0.15, 0.2) is 30.3 Å². The van der Waals surface area contributed by atoms with Crippen LogP contribution in [0.2, 0.25) is 0 Å². The van der Waals surface area contributed by atoms with E-state index in [9.17, 15) is 19.5 Å². The van der Waals surface area contributed by atoms with Crippen molar-refractivity contribution in [2.75, 3.05) is 6.54 Å². The van der Waals surface area contributed by atoms with Gasteiger partial charge in [0.1, 0.15) is 12.6 Å². The summed E-state index contributed by atoms with van der Waals surface area (Å²) in [7, 11) is 0. The number of carbonyl (C=O) groups excluding carboxylic acids is 1. The summed E-state index contributed by atoms with van der Waals surface area (Å²) in [6, 6.07) is 8.09. The van der Waals surface area contributed by atoms with Crippen LogP contribution in [0.1, 0.15) is 24.8 Å². The highest BCUT2D eigenvalue weighted by Crippen LogP contribution is 2.25. The van der Waals surface area contributed by atoms with Crippen molar-refractivity contribution in [2.24, 2.45) is 5.92 Å². The monoisotopic (exact) mass is 321 g/mol. The molecule has 0 radical (unpaired) electrons. The van der Waals surface area contributed by atoms with Crippen molar-refractivity contribution in [3.8, 4) is 0 Å². The van der Waals surface area contributed by atoms with Crippen LogP contribution in [0.3, 0.4) is 0 Å². The summed E-state index contributed by atoms with van der Waals surface area (Å²) in [6.45, 7) is 0.128. The summed E-state index contributed by atoms with van der Waals surface area (Å²) in [4.78, 5) is 35.5. The van der Waals surface area contributed by atoms with Gasteiger partial charge in [0.2, 0.25) is 0 Å². The van der Waals surface area contributed by atoms with Gasteiger partial charge in [0, 0.05) is 13.0 Å². The molecule has 1 fully saturated rings. The lowest BCUT2D eigenvalue weighted by Crippen LogP contribution is -2.51. The minimum absolute atomic E-state index is 0.0477. The second-order valence-electron chi connectivity index (χ2n) is 5.59. The van der Waals surface area contributed by atoms with E-state index >= 15 is 0 Å². The Bertz CT molecular complexity index is 573. The fraction of sp³-hybridized carbons (Fsp3) is 0.438. The van der Waals surface area contributed by atoms with Crippen LogP contribution in [-0.2, 0) is 20.9 Å². The van der Waals surface area contributed by atoms with Crippen LogP contribution in [0.4, 0.5) is 4.79 Å². The largest absolute Gasteiger partial charge is 0.481 e. The number of piperidine rings is 1. The lowest BCUT2D eigenvalue weighted by molar-refractivity contribution is -0.145. The Morgan fingerprint density at radius 2 is 1.83 bits per heavy atom. The smallest absolute Gasteiger partial charge is 0.410 e. The standard InChI is InChI=1S/C16H19NO6/c18-14(19)8-12-6-7-13(15(20)21)17(9-12)16(22)23-10-11-4-2-1-3-5-11/h1-5,12-13H,6-10H2,(H,18,19)(H,20,21)/t12-,13+/m0/s1. The Kier molecular flexibility index (Phi) is 5.56. The minimum atomic E-state index is -1.10. The van der Waals surface area contributed by atoms with E-state index in [1.54, 1.807) is 12.1 Å². The number of carbonyl (C=O) groups is 3. The van der Waals surface area contributed by atoms with Crippen molar-refractivity contribution >= 4 is 18.0 Å². The van der Waals surface area contributed by atoms with E-state index in [1.165, 1.54) is 0 Å². The molecule has 2 N–H and O–H groups in total. The van der Waals surface area contributed by atoms with E-state index in [4.69, 9.17) is 9.84 Å². The zero-order valence-electron chi connectivity index (χ0n) is 12.6. The molecule has 0 spiro atoms. The van der Waals surface area contributed by atoms with E-state index in [1.807, 2.05) is 18.2 Å². The van der Waals surface area contributed by atoms with Gasteiger partial charge in [0.25, 0.3) is 0 Å². The fourth-order valence-corrected chi connectivity index (χ4v) is 2.72. The Hall–Kier alpha value is -2.57. The quantitative estimate of drug-likeness (QED) is 0.859. The Morgan fingerprint density at radius 1 is 1.13 bits per heavy atom. The maximum absolute atomic E-state index is 12.2. The van der Waals surface area contributed by atoms with Crippen LogP contribution >= 0.6 is 0 Å². The first-order valence-corrected chi connectivity index (χ1v) is 7.39. The van der Waals surface area contributed by atoms with Gasteiger partial charge in [-0.15, -0.1) is 0 Å². The molecular formula is C16H19NO6. The summed E-state index contributed by atoms with van der Waals surface area (Å²) in [5.41, 5.74) is 0.798. The SMILES string of the molecule is O=C(O)C[C@@H]1CC[C@H](C(=O)O)N(C(=O)OCc2ccccc2)C1. The maximum atomic E-state index is 12.2. The number of ether oxygens (including phenoxy) is 1. The number of likely N-dealkylation sites (tertiary alicyclic amines) is 1. The molecule has 1 saturated heterocycles. The highest BCUT2D eigenvalue weighted by molar-refractivity contribution is 5.80. The van der Waals surface area contributed by atoms with Crippen molar-refractivity contribution in [3.05, 3.63) is 35.9 Å². The summed E-state index contributed by atoms with van der Waals surface area (Å²) in [5.74, 6) is -2.32. The van der Waals surface area contributed by atoms with Crippen molar-refractivity contribution in [3.63, 3.8) is 0 Å². The van der Waals surface area contributed by atoms with Crippen LogP contribution in [-0.4, -0.2) is 45.7 Å². The highest BCUT2D eigenvalue weighted by atomic mass is 16.6. The Balaban J connectivity index is 2.00. The summed E-state index contributed by atoms with van der Waals surface area (Å²) in [5, 5.41) is 18.1. The molecule has 1 aromatic rings. The number of hydrogen-bond acceptors (Lipinski definition) is 4. The van der Waals surface area contributed by atoms with E-state index in [2.05, 4.69) is 0 Å². The van der Waals surface area contributed by atoms with Gasteiger partial charge in [-0.05, 0) is 24.3 Å². The molecule has 1 aromatic carbocycles. The molecule has 0 saturated carbocycles. The van der Waals surface area contributed by atoms with E-state index in [0.717, 1.165) is 10.5 Å². The molecule has 0 bridgehead atoms. The normalized spacial score (nSPS) is 20.8. The summed E-state index contributed by atoms with van der Waals surface area (Å²) in [6.07, 6.45) is -0.120. The molecule has 0 aliphatic carbocycles. The van der Waals surface area contributed by atoms with Crippen molar-refractivity contribution in [1.29, 1.82) is 0 Å². The molecule has 0 unspecified atom stereocenters. The number of benzene rings is 1. The van der Waals surface area contributed by atoms with Crippen LogP contribution in [0.5, 0.6) is 0 Å². The molecule has 1 amide bonds. The van der Waals surface area contributed by atoms with Crippen LogP contribution < -0.4 is 0 Å². The molecule has 1 heterocycles. The topological polar surface area (TPSA) is 104 Å². The van der Waals surface area contributed by atoms with Crippen molar-refractivity contribution in [2.45, 2.75) is 31.9 Å². The lowest BCUT2D eigenvalue weighted by Gasteiger charge is -2.36. The third-order valence-electron chi connectivity index (χ3n) is 3.87. The average Bonchev–Trinajstić information content (AvgIpc) is 2.52. The molecule has 1 aliphatic rings. The number of carboxylic acids is 2. The Labute approximate surface area is 133 Å². The molecule has 2 rings (SSSR count). The van der Waals surface area contributed by atoms with E-state index in [0.29, 0.717) is 6.42 Å². The van der Waals surface area contributed by atoms with E-state index < -0.39 is 24.1 Å². The first-order valence-electron chi connectivity index (χ1n) is 7.39. The van der Waals surface area contributed by atoms with Gasteiger partial charge in [-0.1, -0.05) is 30.3 Å². The van der Waals surface area contributed by atoms with Crippen LogP contribution in [0, 0.1) is 5.92 Å². The number of nitrogens with zero attached hydrogens (tertiary/aromatic N) is 1. The van der Waals surface area contributed by atoms with Gasteiger partial charge < -0.3 is 14.9 Å². The van der Waals surface area contributed by atoms with Crippen molar-refractivity contribution < 1.29 is 29.3 Å². The number of aliphatic carboxylic acids is 2. The van der Waals surface area contributed by atoms with Crippen LogP contribution in [0.25, 0.3) is 0 Å². The summed E-state index contributed by atoms with van der Waals surface area (Å²) >= 11 is 0. The van der Waals surface area contributed by atoms with Gasteiger partial charge >= 0.3 is 18.0 Å². The lowest BCUT2D eigenvalue weighted by atomic mass is 9.90. The molecule has 2 atom stereocenters. The van der Waals surface area contributed by atoms with Gasteiger partial charge in [0.15, 0.2) is 0 Å². The predicted octanol–water partition coefficient (Wildman–Crippen LogP) is 1.96. The molecule has 0 aromatic heterocycles. The molecule has 124 valence electrons. The fourth-order valence-electron chi connectivity index (χ4n) is 2.72. The zero-order valence-corrected chi connectivity index (χ0v) is 12.6. The molecule has 1 aliphatic heterocycles. The number of rotatable bonds is 5. The molecule has 23 heavy (non-hydrogen) atoms. The second-order valence-corrected chi connectivity index (χ2v) is 5.59. The van der Waals surface area contributed by atoms with E-state index in [-0.39, 0.29) is 31.9 Å². The predicted molar refractivity (Wildman–Crippen MR) is 79.7 cm³/mol. The number of amides is 1. The average molecular weight is 321 g/mol. The molecule has 7 nitrogen and oxygen atoms in total. The third-order valence-corrected chi connectivity index (χ3v) is 3.87. The zero-order chi connectivity index (χ0) is 16.8. The minimum Gasteiger partial charge on any atom is -0.481 e. The molecule has 7 heteroatoms. The highest BCUT2D eigenvalue weighted by Gasteiger charge is 2.37. The maximum Gasteiger partial charge on any atom is 0.410 e. The van der Waals surface area contributed by atoms with Gasteiger partial charge in [-0.3, -0.25) is 9.69 Å². The molecular weight excluding hydrogens is 302 g/mol. The van der Waals surface area contributed by atoms with Gasteiger partial charge in [0.05, 0.1) is 0 Å². The van der Waals surface area contributed by atoms with Gasteiger partial charge in [-0.2, -0.15) is 0 Å². The Morgan fingerprint density at radius 3 is 2.43 bits per heavy atom.